The summed E-state index contributed by atoms with van der Waals surface area (Å²) in [6.45, 7) is 5.52. The van der Waals surface area contributed by atoms with E-state index in [4.69, 9.17) is 5.26 Å². The van der Waals surface area contributed by atoms with Gasteiger partial charge in [0.15, 0.2) is 0 Å². The molecule has 0 radical (unpaired) electrons. The summed E-state index contributed by atoms with van der Waals surface area (Å²) in [5.41, 5.74) is 0.526. The van der Waals surface area contributed by atoms with Crippen molar-refractivity contribution < 1.29 is 4.79 Å². The molecule has 21 heavy (non-hydrogen) atoms. The van der Waals surface area contributed by atoms with Crippen molar-refractivity contribution in [1.29, 1.82) is 5.26 Å². The van der Waals surface area contributed by atoms with E-state index in [1.165, 1.54) is 6.20 Å². The van der Waals surface area contributed by atoms with E-state index in [1.807, 2.05) is 22.9 Å². The van der Waals surface area contributed by atoms with Crippen LogP contribution < -0.4 is 4.90 Å². The maximum atomic E-state index is 12.5. The zero-order chi connectivity index (χ0) is 15.4. The lowest BCUT2D eigenvalue weighted by Gasteiger charge is -2.29. The number of nitriles is 1. The number of carbonyl (C=O) groups is 1. The minimum Gasteiger partial charge on any atom is -0.350 e. The van der Waals surface area contributed by atoms with Gasteiger partial charge in [0.2, 0.25) is 5.91 Å². The molecule has 1 aromatic rings. The second-order valence-corrected chi connectivity index (χ2v) is 5.91. The first-order valence-electron chi connectivity index (χ1n) is 7.39. The maximum Gasteiger partial charge on any atom is 0.242 e. The molecular weight excluding hydrogens is 264 g/mol. The Kier molecular flexibility index (Phi) is 4.79. The second kappa shape index (κ2) is 6.57. The van der Waals surface area contributed by atoms with Gasteiger partial charge < -0.3 is 9.80 Å². The number of pyridine rings is 1. The number of likely N-dealkylation sites (tertiary alicyclic amines) is 1. The van der Waals surface area contributed by atoms with Crippen LogP contribution in [0.25, 0.3) is 0 Å². The van der Waals surface area contributed by atoms with Crippen LogP contribution in [0.1, 0.15) is 32.3 Å². The second-order valence-electron chi connectivity index (χ2n) is 5.91. The van der Waals surface area contributed by atoms with Gasteiger partial charge in [0.05, 0.1) is 12.1 Å². The molecule has 1 atom stereocenters. The van der Waals surface area contributed by atoms with E-state index >= 15 is 0 Å². The molecule has 0 spiro atoms. The fourth-order valence-corrected chi connectivity index (χ4v) is 2.85. The third-order valence-corrected chi connectivity index (χ3v) is 4.03. The monoisotopic (exact) mass is 286 g/mol. The molecule has 2 rings (SSSR count). The number of rotatable bonds is 4. The number of aromatic nitrogens is 1. The molecule has 0 aliphatic carbocycles. The summed E-state index contributed by atoms with van der Waals surface area (Å²) in [6.07, 6.45) is 3.72. The smallest absolute Gasteiger partial charge is 0.242 e. The van der Waals surface area contributed by atoms with Gasteiger partial charge in [0.1, 0.15) is 11.9 Å². The minimum absolute atomic E-state index is 0.153. The van der Waals surface area contributed by atoms with Crippen LogP contribution in [-0.4, -0.2) is 42.0 Å². The summed E-state index contributed by atoms with van der Waals surface area (Å²) in [4.78, 5) is 20.5. The van der Waals surface area contributed by atoms with Crippen molar-refractivity contribution in [3.8, 4) is 6.07 Å². The van der Waals surface area contributed by atoms with Crippen molar-refractivity contribution >= 4 is 11.7 Å². The zero-order valence-electron chi connectivity index (χ0n) is 12.9. The third kappa shape index (κ3) is 3.52. The number of anilines is 1. The molecule has 0 saturated carbocycles. The Hall–Kier alpha value is -2.09. The SMILES string of the molecule is CC(C)[C@H]1CCCN1C(=O)CN(C)c1ccc(C#N)cn1. The van der Waals surface area contributed by atoms with E-state index in [1.54, 1.807) is 12.1 Å². The van der Waals surface area contributed by atoms with Gasteiger partial charge in [-0.15, -0.1) is 0 Å². The highest BCUT2D eigenvalue weighted by atomic mass is 16.2. The van der Waals surface area contributed by atoms with Crippen molar-refractivity contribution in [2.24, 2.45) is 5.92 Å². The summed E-state index contributed by atoms with van der Waals surface area (Å²) in [6, 6.07) is 5.89. The highest BCUT2D eigenvalue weighted by Crippen LogP contribution is 2.24. The van der Waals surface area contributed by atoms with E-state index in [-0.39, 0.29) is 5.91 Å². The lowest BCUT2D eigenvalue weighted by molar-refractivity contribution is -0.131. The van der Waals surface area contributed by atoms with E-state index < -0.39 is 0 Å². The first-order chi connectivity index (χ1) is 10.0. The van der Waals surface area contributed by atoms with Crippen molar-refractivity contribution in [3.63, 3.8) is 0 Å². The third-order valence-electron chi connectivity index (χ3n) is 4.03. The Balaban J connectivity index is 2.00. The molecule has 2 heterocycles. The predicted octanol–water partition coefficient (Wildman–Crippen LogP) is 2.04. The lowest BCUT2D eigenvalue weighted by Crippen LogP contribution is -2.43. The van der Waals surface area contributed by atoms with Gasteiger partial charge in [-0.1, -0.05) is 13.8 Å². The fourth-order valence-electron chi connectivity index (χ4n) is 2.85. The van der Waals surface area contributed by atoms with Gasteiger partial charge >= 0.3 is 0 Å². The van der Waals surface area contributed by atoms with E-state index in [9.17, 15) is 4.79 Å². The average Bonchev–Trinajstić information content (AvgIpc) is 2.97. The van der Waals surface area contributed by atoms with Gasteiger partial charge in [0.25, 0.3) is 0 Å². The minimum atomic E-state index is 0.153. The van der Waals surface area contributed by atoms with E-state index in [0.717, 1.165) is 19.4 Å². The summed E-state index contributed by atoms with van der Waals surface area (Å²) in [5.74, 6) is 1.36. The Morgan fingerprint density at radius 2 is 2.33 bits per heavy atom. The first kappa shape index (κ1) is 15.3. The maximum absolute atomic E-state index is 12.5. The number of hydrogen-bond acceptors (Lipinski definition) is 4. The Bertz CT molecular complexity index is 532. The van der Waals surface area contributed by atoms with Gasteiger partial charge in [-0.25, -0.2) is 4.98 Å². The van der Waals surface area contributed by atoms with Crippen molar-refractivity contribution in [3.05, 3.63) is 23.9 Å². The Labute approximate surface area is 126 Å². The van der Waals surface area contributed by atoms with Crippen LogP contribution in [0.2, 0.25) is 0 Å². The molecule has 1 aromatic heterocycles. The number of amides is 1. The molecule has 1 aliphatic rings. The van der Waals surface area contributed by atoms with Crippen LogP contribution in [0.4, 0.5) is 5.82 Å². The van der Waals surface area contributed by atoms with Crippen LogP contribution in [0.5, 0.6) is 0 Å². The molecule has 0 bridgehead atoms. The normalized spacial score (nSPS) is 17.9. The number of nitrogens with zero attached hydrogens (tertiary/aromatic N) is 4. The molecule has 112 valence electrons. The van der Waals surface area contributed by atoms with Crippen LogP contribution >= 0.6 is 0 Å². The zero-order valence-corrected chi connectivity index (χ0v) is 12.9. The first-order valence-corrected chi connectivity index (χ1v) is 7.39. The average molecular weight is 286 g/mol. The summed E-state index contributed by atoms with van der Waals surface area (Å²) in [5, 5.41) is 8.77. The van der Waals surface area contributed by atoms with Crippen LogP contribution in [-0.2, 0) is 4.79 Å². The highest BCUT2D eigenvalue weighted by Gasteiger charge is 2.31. The molecule has 1 aliphatic heterocycles. The molecule has 0 aromatic carbocycles. The summed E-state index contributed by atoms with van der Waals surface area (Å²) >= 11 is 0. The standard InChI is InChI=1S/C16H22N4O/c1-12(2)14-5-4-8-20(14)16(21)11-19(3)15-7-6-13(9-17)10-18-15/h6-7,10,12,14H,4-5,8,11H2,1-3H3/t14-/m1/s1. The Morgan fingerprint density at radius 1 is 1.57 bits per heavy atom. The topological polar surface area (TPSA) is 60.2 Å². The molecule has 5 nitrogen and oxygen atoms in total. The van der Waals surface area contributed by atoms with Crippen molar-refractivity contribution in [2.75, 3.05) is 25.0 Å². The summed E-state index contributed by atoms with van der Waals surface area (Å²) < 4.78 is 0. The molecule has 1 fully saturated rings. The van der Waals surface area contributed by atoms with Crippen LogP contribution in [0.3, 0.4) is 0 Å². The van der Waals surface area contributed by atoms with Crippen LogP contribution in [0.15, 0.2) is 18.3 Å². The Morgan fingerprint density at radius 3 is 2.90 bits per heavy atom. The van der Waals surface area contributed by atoms with E-state index in [0.29, 0.717) is 29.9 Å². The molecular formula is C16H22N4O. The quantitative estimate of drug-likeness (QED) is 0.850. The molecule has 1 saturated heterocycles. The van der Waals surface area contributed by atoms with Gasteiger partial charge in [-0.05, 0) is 30.9 Å². The van der Waals surface area contributed by atoms with Crippen molar-refractivity contribution in [1.82, 2.24) is 9.88 Å². The largest absolute Gasteiger partial charge is 0.350 e. The number of carbonyl (C=O) groups excluding carboxylic acids is 1. The van der Waals surface area contributed by atoms with Gasteiger partial charge in [-0.2, -0.15) is 5.26 Å². The molecule has 1 amide bonds. The number of likely N-dealkylation sites (N-methyl/N-ethyl adjacent to an activating group) is 1. The van der Waals surface area contributed by atoms with Gasteiger partial charge in [-0.3, -0.25) is 4.79 Å². The van der Waals surface area contributed by atoms with E-state index in [2.05, 4.69) is 18.8 Å². The molecule has 0 N–H and O–H groups in total. The highest BCUT2D eigenvalue weighted by molar-refractivity contribution is 5.81. The summed E-state index contributed by atoms with van der Waals surface area (Å²) in [7, 11) is 1.85. The van der Waals surface area contributed by atoms with Crippen molar-refractivity contribution in [2.45, 2.75) is 32.7 Å². The fraction of sp³-hybridized carbons (Fsp3) is 0.562. The van der Waals surface area contributed by atoms with Crippen LogP contribution in [0, 0.1) is 17.2 Å². The lowest BCUT2D eigenvalue weighted by atomic mass is 10.0. The van der Waals surface area contributed by atoms with Gasteiger partial charge in [0, 0.05) is 25.8 Å². The molecule has 5 heteroatoms. The predicted molar refractivity (Wildman–Crippen MR) is 81.8 cm³/mol. The number of hydrogen-bond donors (Lipinski definition) is 0. The molecule has 0 unspecified atom stereocenters.